The van der Waals surface area contributed by atoms with Crippen molar-refractivity contribution in [2.75, 3.05) is 46.4 Å². The first-order valence-electron chi connectivity index (χ1n) is 11.7. The Kier molecular flexibility index (Phi) is 8.34. The molecule has 0 radical (unpaired) electrons. The second-order valence-corrected chi connectivity index (χ2v) is 10.9. The largest absolute Gasteiger partial charge is 0.466 e. The first kappa shape index (κ1) is 26.1. The van der Waals surface area contributed by atoms with Gasteiger partial charge in [0.2, 0.25) is 11.8 Å². The number of aromatic nitrogens is 2. The van der Waals surface area contributed by atoms with Crippen LogP contribution < -0.4 is 0 Å². The molecular weight excluding hydrogens is 462 g/mol. The van der Waals surface area contributed by atoms with Gasteiger partial charge in [-0.1, -0.05) is 0 Å². The summed E-state index contributed by atoms with van der Waals surface area (Å²) in [6, 6.07) is 0. The number of rotatable bonds is 7. The highest BCUT2D eigenvalue weighted by molar-refractivity contribution is 7.89. The van der Waals surface area contributed by atoms with Gasteiger partial charge in [0.05, 0.1) is 19.1 Å². The van der Waals surface area contributed by atoms with Gasteiger partial charge in [-0.25, -0.2) is 13.4 Å². The van der Waals surface area contributed by atoms with Crippen molar-refractivity contribution in [2.24, 2.45) is 18.9 Å². The summed E-state index contributed by atoms with van der Waals surface area (Å²) in [6.45, 7) is 5.05. The number of hydrogen-bond donors (Lipinski definition) is 0. The van der Waals surface area contributed by atoms with Gasteiger partial charge in [0, 0.05) is 52.4 Å². The van der Waals surface area contributed by atoms with E-state index in [-0.39, 0.29) is 54.3 Å². The molecule has 3 rings (SSSR count). The molecule has 1 aromatic heterocycles. The Bertz CT molecular complexity index is 995. The molecule has 1 atom stereocenters. The van der Waals surface area contributed by atoms with Gasteiger partial charge in [-0.3, -0.25) is 14.4 Å². The number of sulfonamides is 1. The number of carbonyl (C=O) groups excluding carboxylic acids is 3. The molecule has 3 heterocycles. The summed E-state index contributed by atoms with van der Waals surface area (Å²) >= 11 is 0. The number of hydrogen-bond acceptors (Lipinski definition) is 7. The zero-order chi connectivity index (χ0) is 25.0. The van der Waals surface area contributed by atoms with E-state index < -0.39 is 10.0 Å². The van der Waals surface area contributed by atoms with Crippen LogP contribution in [-0.4, -0.2) is 96.2 Å². The normalized spacial score (nSPS) is 20.2. The summed E-state index contributed by atoms with van der Waals surface area (Å²) < 4.78 is 33.9. The Labute approximate surface area is 201 Å². The Morgan fingerprint density at radius 3 is 2.41 bits per heavy atom. The highest BCUT2D eigenvalue weighted by Crippen LogP contribution is 2.25. The van der Waals surface area contributed by atoms with Gasteiger partial charge < -0.3 is 19.1 Å². The number of nitrogens with zero attached hydrogens (tertiary/aromatic N) is 5. The van der Waals surface area contributed by atoms with E-state index in [1.54, 1.807) is 37.4 Å². The molecule has 0 bridgehead atoms. The monoisotopic (exact) mass is 497 g/mol. The molecule has 12 heteroatoms. The minimum atomic E-state index is -3.71. The molecular formula is C22H35N5O6S. The molecule has 2 aliphatic heterocycles. The maximum atomic E-state index is 12.9. The third-order valence-corrected chi connectivity index (χ3v) is 8.41. The first-order chi connectivity index (χ1) is 16.0. The lowest BCUT2D eigenvalue weighted by molar-refractivity contribution is -0.152. The smallest absolute Gasteiger partial charge is 0.310 e. The van der Waals surface area contributed by atoms with E-state index in [1.807, 2.05) is 0 Å². The molecule has 2 saturated heterocycles. The van der Waals surface area contributed by atoms with Crippen LogP contribution in [0.15, 0.2) is 11.2 Å². The molecule has 0 N–H and O–H groups in total. The average molecular weight is 498 g/mol. The maximum Gasteiger partial charge on any atom is 0.310 e. The van der Waals surface area contributed by atoms with Crippen LogP contribution in [0.5, 0.6) is 0 Å². The fraction of sp³-hybridized carbons (Fsp3) is 0.727. The summed E-state index contributed by atoms with van der Waals surface area (Å²) in [5, 5.41) is 0.0163. The van der Waals surface area contributed by atoms with Gasteiger partial charge in [0.15, 0.2) is 5.03 Å². The number of imidazole rings is 1. The minimum Gasteiger partial charge on any atom is -0.466 e. The number of piperidine rings is 2. The van der Waals surface area contributed by atoms with Crippen LogP contribution in [0, 0.1) is 18.8 Å². The van der Waals surface area contributed by atoms with E-state index in [9.17, 15) is 22.8 Å². The van der Waals surface area contributed by atoms with Crippen molar-refractivity contribution in [3.8, 4) is 0 Å². The lowest BCUT2D eigenvalue weighted by atomic mass is 9.96. The second kappa shape index (κ2) is 10.9. The Balaban J connectivity index is 1.51. The number of aryl methyl sites for hydroxylation is 2. The average Bonchev–Trinajstić information content (AvgIpc) is 3.17. The Morgan fingerprint density at radius 1 is 1.15 bits per heavy atom. The molecule has 1 aromatic rings. The first-order valence-corrected chi connectivity index (χ1v) is 13.2. The van der Waals surface area contributed by atoms with Crippen LogP contribution in [0.1, 0.15) is 38.4 Å². The molecule has 34 heavy (non-hydrogen) atoms. The van der Waals surface area contributed by atoms with E-state index >= 15 is 0 Å². The summed E-state index contributed by atoms with van der Waals surface area (Å²) in [7, 11) is -0.375. The highest BCUT2D eigenvalue weighted by Gasteiger charge is 2.35. The molecule has 2 fully saturated rings. The zero-order valence-electron chi connectivity index (χ0n) is 20.4. The summed E-state index contributed by atoms with van der Waals surface area (Å²) in [4.78, 5) is 44.9. The van der Waals surface area contributed by atoms with E-state index in [0.717, 1.165) is 6.42 Å². The van der Waals surface area contributed by atoms with Gasteiger partial charge in [-0.2, -0.15) is 4.31 Å². The van der Waals surface area contributed by atoms with Crippen LogP contribution in [-0.2, 0) is 36.2 Å². The number of esters is 1. The molecule has 11 nitrogen and oxygen atoms in total. The van der Waals surface area contributed by atoms with Gasteiger partial charge in [-0.05, 0) is 39.5 Å². The second-order valence-electron chi connectivity index (χ2n) is 9.04. The predicted molar refractivity (Wildman–Crippen MR) is 123 cm³/mol. The Morgan fingerprint density at radius 2 is 1.82 bits per heavy atom. The van der Waals surface area contributed by atoms with Gasteiger partial charge in [0.25, 0.3) is 10.0 Å². The lowest BCUT2D eigenvalue weighted by Gasteiger charge is -2.34. The molecule has 0 aliphatic carbocycles. The third-order valence-electron chi connectivity index (χ3n) is 6.64. The van der Waals surface area contributed by atoms with Gasteiger partial charge in [0.1, 0.15) is 5.82 Å². The molecule has 2 amide bonds. The molecule has 190 valence electrons. The van der Waals surface area contributed by atoms with Crippen LogP contribution >= 0.6 is 0 Å². The molecule has 0 aromatic carbocycles. The van der Waals surface area contributed by atoms with Crippen molar-refractivity contribution in [1.82, 2.24) is 23.7 Å². The van der Waals surface area contributed by atoms with Crippen molar-refractivity contribution in [1.29, 1.82) is 0 Å². The van der Waals surface area contributed by atoms with Gasteiger partial charge in [-0.15, -0.1) is 0 Å². The molecule has 0 spiro atoms. The van der Waals surface area contributed by atoms with Crippen LogP contribution in [0.25, 0.3) is 0 Å². The highest BCUT2D eigenvalue weighted by atomic mass is 32.2. The van der Waals surface area contributed by atoms with E-state index in [1.165, 1.54) is 15.4 Å². The zero-order valence-corrected chi connectivity index (χ0v) is 21.2. The number of carbonyl (C=O) groups is 3. The molecule has 0 saturated carbocycles. The third kappa shape index (κ3) is 5.77. The number of likely N-dealkylation sites (N-methyl/N-ethyl adjacent to an activating group) is 1. The van der Waals surface area contributed by atoms with Crippen LogP contribution in [0.4, 0.5) is 0 Å². The molecule has 1 unspecified atom stereocenters. The SMILES string of the molecule is CCOC(=O)C1CCCN(C(=O)CN(C)C(=O)C2CCN(S(=O)(=O)c3cn(C)c(C)n3)CC2)C1. The minimum absolute atomic E-state index is 0.0163. The van der Waals surface area contributed by atoms with E-state index in [0.29, 0.717) is 44.8 Å². The van der Waals surface area contributed by atoms with Gasteiger partial charge >= 0.3 is 5.97 Å². The van der Waals surface area contributed by atoms with Crippen LogP contribution in [0.3, 0.4) is 0 Å². The van der Waals surface area contributed by atoms with Crippen LogP contribution in [0.2, 0.25) is 0 Å². The van der Waals surface area contributed by atoms with Crippen molar-refractivity contribution in [3.05, 3.63) is 12.0 Å². The molecule has 2 aliphatic rings. The Hall–Kier alpha value is -2.47. The fourth-order valence-electron chi connectivity index (χ4n) is 4.47. The van der Waals surface area contributed by atoms with E-state index in [2.05, 4.69) is 4.98 Å². The number of amides is 2. The maximum absolute atomic E-state index is 12.9. The van der Waals surface area contributed by atoms with Crippen molar-refractivity contribution < 1.29 is 27.5 Å². The van der Waals surface area contributed by atoms with Crippen molar-refractivity contribution in [2.45, 2.75) is 44.6 Å². The summed E-state index contributed by atoms with van der Waals surface area (Å²) in [5.74, 6) is -0.714. The lowest BCUT2D eigenvalue weighted by Crippen LogP contribution is -2.49. The standard InChI is InChI=1S/C22H35N5O6S/c1-5-33-22(30)18-7-6-10-26(13-18)20(28)15-25(4)21(29)17-8-11-27(12-9-17)34(31,32)19-14-24(3)16(2)23-19/h14,17-18H,5-13,15H2,1-4H3. The predicted octanol–water partition coefficient (Wildman–Crippen LogP) is 0.389. The fourth-order valence-corrected chi connectivity index (χ4v) is 5.97. The van der Waals surface area contributed by atoms with E-state index in [4.69, 9.17) is 4.74 Å². The topological polar surface area (TPSA) is 122 Å². The quantitative estimate of drug-likeness (QED) is 0.500. The number of ether oxygens (including phenoxy) is 1. The van der Waals surface area contributed by atoms with Crippen molar-refractivity contribution >= 4 is 27.8 Å². The summed E-state index contributed by atoms with van der Waals surface area (Å²) in [5.41, 5.74) is 0. The van der Waals surface area contributed by atoms with Crippen molar-refractivity contribution in [3.63, 3.8) is 0 Å². The number of likely N-dealkylation sites (tertiary alicyclic amines) is 1. The summed E-state index contributed by atoms with van der Waals surface area (Å²) in [6.07, 6.45) is 3.68.